The van der Waals surface area contributed by atoms with Gasteiger partial charge in [-0.15, -0.1) is 0 Å². The first kappa shape index (κ1) is 25.0. The maximum absolute atomic E-state index is 12.7. The Labute approximate surface area is 197 Å². The molecule has 6 nitrogen and oxygen atoms in total. The number of nitrogens with one attached hydrogen (secondary N) is 1. The van der Waals surface area contributed by atoms with Crippen LogP contribution in [0.25, 0.3) is 0 Å². The summed E-state index contributed by atoms with van der Waals surface area (Å²) in [5.41, 5.74) is 1.67. The smallest absolute Gasteiger partial charge is 0.288 e. The van der Waals surface area contributed by atoms with E-state index in [4.69, 9.17) is 4.74 Å². The zero-order valence-electron chi connectivity index (χ0n) is 18.6. The van der Waals surface area contributed by atoms with E-state index >= 15 is 0 Å². The third-order valence-corrected chi connectivity index (χ3v) is 6.18. The highest BCUT2D eigenvalue weighted by Gasteiger charge is 2.20. The zero-order valence-corrected chi connectivity index (χ0v) is 19.5. The van der Waals surface area contributed by atoms with Crippen LogP contribution in [0.4, 0.5) is 14.5 Å². The minimum Gasteiger partial charge on any atom is -0.497 e. The van der Waals surface area contributed by atoms with Crippen LogP contribution in [0.3, 0.4) is 0 Å². The molecule has 1 aliphatic rings. The molecule has 0 spiro atoms. The van der Waals surface area contributed by atoms with Gasteiger partial charge >= 0.3 is 0 Å². The largest absolute Gasteiger partial charge is 0.497 e. The van der Waals surface area contributed by atoms with Crippen LogP contribution in [0.1, 0.15) is 18.4 Å². The van der Waals surface area contributed by atoms with E-state index in [9.17, 15) is 18.4 Å². The molecule has 0 atom stereocenters. The van der Waals surface area contributed by atoms with E-state index in [-0.39, 0.29) is 18.4 Å². The van der Waals surface area contributed by atoms with Crippen LogP contribution < -0.4 is 10.1 Å². The number of alkyl halides is 2. The number of rotatable bonds is 9. The Morgan fingerprint density at radius 3 is 2.42 bits per heavy atom. The predicted molar refractivity (Wildman–Crippen MR) is 126 cm³/mol. The van der Waals surface area contributed by atoms with Crippen molar-refractivity contribution in [3.8, 4) is 5.75 Å². The molecule has 2 aromatic carbocycles. The number of carbonyl (C=O) groups is 2. The van der Waals surface area contributed by atoms with E-state index < -0.39 is 5.76 Å². The van der Waals surface area contributed by atoms with E-state index in [1.165, 1.54) is 0 Å². The normalized spacial score (nSPS) is 14.7. The van der Waals surface area contributed by atoms with Crippen molar-refractivity contribution in [1.29, 1.82) is 0 Å². The summed E-state index contributed by atoms with van der Waals surface area (Å²) in [5.74, 6) is -1.71. The second-order valence-electron chi connectivity index (χ2n) is 7.81. The third-order valence-electron chi connectivity index (χ3n) is 5.46. The van der Waals surface area contributed by atoms with Crippen LogP contribution in [0.2, 0.25) is 0 Å². The summed E-state index contributed by atoms with van der Waals surface area (Å²) in [6.07, 6.45) is 1.94. The summed E-state index contributed by atoms with van der Waals surface area (Å²) < 4.78 is 30.0. The van der Waals surface area contributed by atoms with E-state index in [1.54, 1.807) is 31.4 Å². The summed E-state index contributed by atoms with van der Waals surface area (Å²) in [5, 5.41) is 2.80. The monoisotopic (exact) mass is 477 g/mol. The summed E-state index contributed by atoms with van der Waals surface area (Å²) in [4.78, 5) is 29.4. The number of amides is 2. The summed E-state index contributed by atoms with van der Waals surface area (Å²) in [6.45, 7) is 2.86. The number of halogens is 2. The quantitative estimate of drug-likeness (QED) is 0.551. The Bertz CT molecular complexity index is 910. The van der Waals surface area contributed by atoms with E-state index in [0.717, 1.165) is 24.3 Å². The van der Waals surface area contributed by atoms with Crippen molar-refractivity contribution in [2.45, 2.75) is 29.9 Å². The molecule has 0 unspecified atom stereocenters. The van der Waals surface area contributed by atoms with E-state index in [0.29, 0.717) is 54.8 Å². The molecule has 1 saturated heterocycles. The number of carbonyl (C=O) groups excluding carboxylic acids is 2. The number of thioether (sulfide) groups is 1. The Balaban J connectivity index is 1.41. The number of ether oxygens (including phenoxy) is 1. The van der Waals surface area contributed by atoms with Gasteiger partial charge in [-0.25, -0.2) is 0 Å². The predicted octanol–water partition coefficient (Wildman–Crippen LogP) is 4.12. The molecular weight excluding hydrogens is 448 g/mol. The van der Waals surface area contributed by atoms with Crippen LogP contribution in [0.5, 0.6) is 5.75 Å². The minimum atomic E-state index is -2.47. The number of aryl methyl sites for hydroxylation is 1. The van der Waals surface area contributed by atoms with Gasteiger partial charge in [0.15, 0.2) is 0 Å². The molecule has 33 heavy (non-hydrogen) atoms. The first-order valence-corrected chi connectivity index (χ1v) is 11.8. The molecule has 1 N–H and O–H groups in total. The average Bonchev–Trinajstić information content (AvgIpc) is 3.04. The number of hydrogen-bond donors (Lipinski definition) is 1. The zero-order chi connectivity index (χ0) is 23.6. The molecule has 2 aromatic rings. The Kier molecular flexibility index (Phi) is 9.50. The first-order valence-electron chi connectivity index (χ1n) is 10.9. The Morgan fingerprint density at radius 2 is 1.76 bits per heavy atom. The van der Waals surface area contributed by atoms with Crippen LogP contribution in [0, 0.1) is 0 Å². The molecule has 1 heterocycles. The van der Waals surface area contributed by atoms with Crippen LogP contribution >= 0.6 is 11.8 Å². The molecule has 9 heteroatoms. The van der Waals surface area contributed by atoms with Gasteiger partial charge in [-0.1, -0.05) is 23.9 Å². The van der Waals surface area contributed by atoms with Crippen molar-refractivity contribution in [3.05, 3.63) is 54.1 Å². The topological polar surface area (TPSA) is 61.9 Å². The maximum atomic E-state index is 12.7. The van der Waals surface area contributed by atoms with Gasteiger partial charge in [-0.05, 0) is 54.8 Å². The van der Waals surface area contributed by atoms with Crippen molar-refractivity contribution in [1.82, 2.24) is 9.80 Å². The SMILES string of the molecule is COc1ccc(CCC(=O)N2CCCN(CC(=O)Nc3ccc(SC(F)F)cc3)CC2)cc1. The lowest BCUT2D eigenvalue weighted by Crippen LogP contribution is -2.38. The Morgan fingerprint density at radius 1 is 1.03 bits per heavy atom. The van der Waals surface area contributed by atoms with Gasteiger partial charge in [-0.2, -0.15) is 8.78 Å². The highest BCUT2D eigenvalue weighted by atomic mass is 32.2. The van der Waals surface area contributed by atoms with Crippen molar-refractivity contribution < 1.29 is 23.1 Å². The molecule has 1 fully saturated rings. The minimum absolute atomic E-state index is 0.124. The number of nitrogens with zero attached hydrogens (tertiary/aromatic N) is 2. The van der Waals surface area contributed by atoms with Crippen LogP contribution in [-0.2, 0) is 16.0 Å². The third kappa shape index (κ3) is 8.33. The number of methoxy groups -OCH3 is 1. The fraction of sp³-hybridized carbons (Fsp3) is 0.417. The van der Waals surface area contributed by atoms with Crippen LogP contribution in [0.15, 0.2) is 53.4 Å². The van der Waals surface area contributed by atoms with Gasteiger partial charge in [0.05, 0.1) is 13.7 Å². The lowest BCUT2D eigenvalue weighted by Gasteiger charge is -2.22. The van der Waals surface area contributed by atoms with Gasteiger partial charge in [-0.3, -0.25) is 14.5 Å². The molecule has 0 saturated carbocycles. The lowest BCUT2D eigenvalue weighted by molar-refractivity contribution is -0.131. The number of anilines is 1. The molecule has 1 aliphatic heterocycles. The Hall–Kier alpha value is -2.65. The molecule has 0 aromatic heterocycles. The molecule has 0 radical (unpaired) electrons. The fourth-order valence-electron chi connectivity index (χ4n) is 3.70. The second kappa shape index (κ2) is 12.6. The highest BCUT2D eigenvalue weighted by Crippen LogP contribution is 2.26. The first-order chi connectivity index (χ1) is 15.9. The van der Waals surface area contributed by atoms with E-state index in [1.807, 2.05) is 34.1 Å². The van der Waals surface area contributed by atoms with Gasteiger partial charge in [0.25, 0.3) is 5.76 Å². The summed E-state index contributed by atoms with van der Waals surface area (Å²) >= 11 is 0.471. The molecular formula is C24H29F2N3O3S. The summed E-state index contributed by atoms with van der Waals surface area (Å²) in [6, 6.07) is 14.1. The van der Waals surface area contributed by atoms with Crippen molar-refractivity contribution >= 4 is 29.3 Å². The lowest BCUT2D eigenvalue weighted by atomic mass is 10.1. The van der Waals surface area contributed by atoms with Crippen LogP contribution in [-0.4, -0.2) is 67.2 Å². The molecule has 0 aliphatic carbocycles. The standard InChI is InChI=1S/C24H29F2N3O3S/c1-32-20-8-3-18(4-9-20)5-12-23(31)29-14-2-13-28(15-16-29)17-22(30)27-19-6-10-21(11-7-19)33-24(25)26/h3-4,6-11,24H,2,5,12-17H2,1H3,(H,27,30). The molecule has 3 rings (SSSR count). The van der Waals surface area contributed by atoms with Crippen molar-refractivity contribution in [2.75, 3.05) is 45.2 Å². The molecule has 178 valence electrons. The fourth-order valence-corrected chi connectivity index (χ4v) is 4.20. The van der Waals surface area contributed by atoms with Crippen molar-refractivity contribution in [2.24, 2.45) is 0 Å². The maximum Gasteiger partial charge on any atom is 0.288 e. The van der Waals surface area contributed by atoms with Gasteiger partial charge < -0.3 is 15.0 Å². The van der Waals surface area contributed by atoms with Gasteiger partial charge in [0.1, 0.15) is 5.75 Å². The molecule has 0 bridgehead atoms. The average molecular weight is 478 g/mol. The van der Waals surface area contributed by atoms with Crippen molar-refractivity contribution in [3.63, 3.8) is 0 Å². The number of benzene rings is 2. The molecule has 2 amide bonds. The second-order valence-corrected chi connectivity index (χ2v) is 8.87. The highest BCUT2D eigenvalue weighted by molar-refractivity contribution is 7.99. The number of hydrogen-bond acceptors (Lipinski definition) is 5. The van der Waals surface area contributed by atoms with Gasteiger partial charge in [0, 0.05) is 43.2 Å². The summed E-state index contributed by atoms with van der Waals surface area (Å²) in [7, 11) is 1.63. The van der Waals surface area contributed by atoms with Gasteiger partial charge in [0.2, 0.25) is 11.8 Å². The van der Waals surface area contributed by atoms with E-state index in [2.05, 4.69) is 5.32 Å².